The molecule has 0 fully saturated rings. The van der Waals surface area contributed by atoms with Gasteiger partial charge in [0.2, 0.25) is 5.91 Å². The van der Waals surface area contributed by atoms with E-state index in [4.69, 9.17) is 19.3 Å². The highest BCUT2D eigenvalue weighted by atomic mass is 127. The summed E-state index contributed by atoms with van der Waals surface area (Å²) in [6, 6.07) is 10.8. The summed E-state index contributed by atoms with van der Waals surface area (Å²) in [6.07, 6.45) is 0.852. The number of ether oxygens (including phenoxy) is 3. The van der Waals surface area contributed by atoms with E-state index in [9.17, 15) is 15.0 Å². The Hall–Kier alpha value is -2.38. The number of amides is 1. The van der Waals surface area contributed by atoms with Gasteiger partial charge in [-0.3, -0.25) is 4.79 Å². The van der Waals surface area contributed by atoms with E-state index >= 15 is 0 Å². The zero-order valence-electron chi connectivity index (χ0n) is 20.4. The first-order chi connectivity index (χ1) is 17.4. The molecule has 1 aliphatic rings. The number of benzene rings is 2. The van der Waals surface area contributed by atoms with Crippen molar-refractivity contribution in [2.75, 3.05) is 33.9 Å². The number of hydrogen-bond acceptors (Lipinski definition) is 8. The van der Waals surface area contributed by atoms with Crippen LogP contribution in [-0.4, -0.2) is 73.4 Å². The van der Waals surface area contributed by atoms with Crippen LogP contribution in [0.2, 0.25) is 0 Å². The van der Waals surface area contributed by atoms with Crippen molar-refractivity contribution in [3.63, 3.8) is 0 Å². The number of nitrogens with one attached hydrogen (secondary N) is 2. The summed E-state index contributed by atoms with van der Waals surface area (Å²) in [4.78, 5) is 12.7. The molecule has 0 bridgehead atoms. The Morgan fingerprint density at radius 3 is 2.61 bits per heavy atom. The van der Waals surface area contributed by atoms with Crippen LogP contribution in [0.4, 0.5) is 0 Å². The Morgan fingerprint density at radius 2 is 1.92 bits per heavy atom. The van der Waals surface area contributed by atoms with Crippen molar-refractivity contribution in [2.45, 2.75) is 37.7 Å². The van der Waals surface area contributed by atoms with Gasteiger partial charge in [-0.1, -0.05) is 12.1 Å². The van der Waals surface area contributed by atoms with Crippen LogP contribution in [0.25, 0.3) is 0 Å². The largest absolute Gasteiger partial charge is 0.497 e. The number of carbonyl (C=O) groups excluding carboxylic acids is 1. The van der Waals surface area contributed by atoms with Gasteiger partial charge in [-0.05, 0) is 83.4 Å². The maximum Gasteiger partial charge on any atom is 0.247 e. The van der Waals surface area contributed by atoms with E-state index in [1.807, 2.05) is 24.3 Å². The van der Waals surface area contributed by atoms with E-state index in [1.165, 1.54) is 7.11 Å². The predicted octanol–water partition coefficient (Wildman–Crippen LogP) is 1.55. The smallest absolute Gasteiger partial charge is 0.247 e. The van der Waals surface area contributed by atoms with Gasteiger partial charge in [0, 0.05) is 18.2 Å². The second-order valence-electron chi connectivity index (χ2n) is 8.38. The third-order valence-electron chi connectivity index (χ3n) is 5.92. The molecular weight excluding hydrogens is 579 g/mol. The van der Waals surface area contributed by atoms with Gasteiger partial charge in [0.15, 0.2) is 11.5 Å². The average Bonchev–Trinajstić information content (AvgIpc) is 2.89. The quantitative estimate of drug-likeness (QED) is 0.229. The second kappa shape index (κ2) is 13.8. The topological polar surface area (TPSA) is 130 Å². The first-order valence-corrected chi connectivity index (χ1v) is 12.8. The van der Waals surface area contributed by atoms with E-state index in [0.29, 0.717) is 45.6 Å². The molecule has 0 radical (unpaired) electrons. The maximum atomic E-state index is 12.7. The molecule has 3 rings (SSSR count). The fourth-order valence-electron chi connectivity index (χ4n) is 4.04. The fourth-order valence-corrected chi connectivity index (χ4v) is 4.84. The maximum absolute atomic E-state index is 12.7. The van der Waals surface area contributed by atoms with Crippen molar-refractivity contribution < 1.29 is 34.3 Å². The van der Waals surface area contributed by atoms with Gasteiger partial charge in [-0.25, -0.2) is 0 Å². The van der Waals surface area contributed by atoms with Gasteiger partial charge in [0.1, 0.15) is 18.0 Å². The van der Waals surface area contributed by atoms with E-state index < -0.39 is 18.2 Å². The number of halogens is 1. The van der Waals surface area contributed by atoms with E-state index in [1.54, 1.807) is 25.3 Å². The van der Waals surface area contributed by atoms with Gasteiger partial charge >= 0.3 is 0 Å². The van der Waals surface area contributed by atoms with Crippen molar-refractivity contribution in [1.29, 1.82) is 0 Å². The number of carbonyl (C=O) groups is 1. The molecule has 0 unspecified atom stereocenters. The second-order valence-corrected chi connectivity index (χ2v) is 9.54. The van der Waals surface area contributed by atoms with Gasteiger partial charge in [0.05, 0.1) is 31.0 Å². The normalized spacial score (nSPS) is 19.4. The molecule has 36 heavy (non-hydrogen) atoms. The molecule has 0 saturated carbocycles. The third kappa shape index (κ3) is 7.32. The van der Waals surface area contributed by atoms with Crippen LogP contribution in [0.3, 0.4) is 0 Å². The highest BCUT2D eigenvalue weighted by Gasteiger charge is 2.36. The van der Waals surface area contributed by atoms with E-state index in [2.05, 4.69) is 33.2 Å². The number of methoxy groups -OCH3 is 2. The fraction of sp³-hybridized carbons (Fsp3) is 0.423. The van der Waals surface area contributed by atoms with Crippen molar-refractivity contribution in [3.8, 4) is 17.2 Å². The number of rotatable bonds is 12. The SMILES string of the molecule is COc1cccc(CCN[C@@H]2CC(C(=O)NCCO)=C[C@H](Oc3c(I)cc(CO)cc3OC)[C@H]2O)c1. The van der Waals surface area contributed by atoms with Crippen molar-refractivity contribution in [3.05, 3.63) is 62.7 Å². The van der Waals surface area contributed by atoms with Crippen molar-refractivity contribution in [2.24, 2.45) is 0 Å². The number of aliphatic hydroxyl groups excluding tert-OH is 3. The summed E-state index contributed by atoms with van der Waals surface area (Å²) >= 11 is 2.09. The zero-order chi connectivity index (χ0) is 26.1. The summed E-state index contributed by atoms with van der Waals surface area (Å²) in [5, 5.41) is 35.8. The van der Waals surface area contributed by atoms with Crippen LogP contribution < -0.4 is 24.8 Å². The summed E-state index contributed by atoms with van der Waals surface area (Å²) in [5.41, 5.74) is 2.21. The highest BCUT2D eigenvalue weighted by Crippen LogP contribution is 2.36. The molecule has 0 heterocycles. The van der Waals surface area contributed by atoms with E-state index in [0.717, 1.165) is 11.3 Å². The zero-order valence-corrected chi connectivity index (χ0v) is 22.5. The minimum absolute atomic E-state index is 0.131. The number of aliphatic hydroxyl groups is 3. The van der Waals surface area contributed by atoms with Crippen LogP contribution in [0.15, 0.2) is 48.0 Å². The van der Waals surface area contributed by atoms with Gasteiger partial charge < -0.3 is 40.2 Å². The molecule has 1 aliphatic carbocycles. The van der Waals surface area contributed by atoms with E-state index in [-0.39, 0.29) is 25.7 Å². The Morgan fingerprint density at radius 1 is 1.11 bits per heavy atom. The van der Waals surface area contributed by atoms with Gasteiger partial charge in [-0.2, -0.15) is 0 Å². The monoisotopic (exact) mass is 612 g/mol. The highest BCUT2D eigenvalue weighted by molar-refractivity contribution is 14.1. The molecule has 9 nitrogen and oxygen atoms in total. The van der Waals surface area contributed by atoms with Crippen LogP contribution in [0, 0.1) is 3.57 Å². The number of hydrogen-bond donors (Lipinski definition) is 5. The summed E-state index contributed by atoms with van der Waals surface area (Å²) in [7, 11) is 3.13. The van der Waals surface area contributed by atoms with Crippen LogP contribution >= 0.6 is 22.6 Å². The Bertz CT molecular complexity index is 1060. The molecule has 5 N–H and O–H groups in total. The average molecular weight is 612 g/mol. The molecule has 0 saturated heterocycles. The first kappa shape index (κ1) is 28.2. The molecule has 10 heteroatoms. The molecule has 2 aromatic carbocycles. The molecule has 0 spiro atoms. The Labute approximate surface area is 224 Å². The standard InChI is InChI=1S/C26H33IN2O7/c1-34-19-5-3-4-16(10-19)6-7-28-21-13-18(26(33)29-8-9-30)14-22(24(21)32)36-25-20(27)11-17(15-31)12-23(25)35-2/h3-5,10-12,14,21-22,24,28,30-32H,6-9,13,15H2,1-2H3,(H,29,33)/t21-,22+,24+/m1/s1. The predicted molar refractivity (Wildman–Crippen MR) is 143 cm³/mol. The Balaban J connectivity index is 1.80. The van der Waals surface area contributed by atoms with Gasteiger partial charge in [0.25, 0.3) is 0 Å². The Kier molecular flexibility index (Phi) is 10.8. The summed E-state index contributed by atoms with van der Waals surface area (Å²) in [5.74, 6) is 1.30. The molecule has 3 atom stereocenters. The molecule has 196 valence electrons. The lowest BCUT2D eigenvalue weighted by atomic mass is 9.89. The molecule has 0 aliphatic heterocycles. The van der Waals surface area contributed by atoms with Crippen molar-refractivity contribution in [1.82, 2.24) is 10.6 Å². The summed E-state index contributed by atoms with van der Waals surface area (Å²) in [6.45, 7) is 0.384. The van der Waals surface area contributed by atoms with Crippen molar-refractivity contribution >= 4 is 28.5 Å². The van der Waals surface area contributed by atoms with Crippen LogP contribution in [-0.2, 0) is 17.8 Å². The molecular formula is C26H33IN2O7. The summed E-state index contributed by atoms with van der Waals surface area (Å²) < 4.78 is 17.6. The molecule has 1 amide bonds. The lowest BCUT2D eigenvalue weighted by Crippen LogP contribution is -2.52. The molecule has 0 aromatic heterocycles. The minimum Gasteiger partial charge on any atom is -0.497 e. The van der Waals surface area contributed by atoms with Crippen LogP contribution in [0.1, 0.15) is 17.5 Å². The van der Waals surface area contributed by atoms with Crippen LogP contribution in [0.5, 0.6) is 17.2 Å². The minimum atomic E-state index is -0.942. The van der Waals surface area contributed by atoms with Gasteiger partial charge in [-0.15, -0.1) is 0 Å². The molecule has 2 aromatic rings. The first-order valence-electron chi connectivity index (χ1n) is 11.7. The third-order valence-corrected chi connectivity index (χ3v) is 6.72. The lowest BCUT2D eigenvalue weighted by molar-refractivity contribution is -0.118. The lowest BCUT2D eigenvalue weighted by Gasteiger charge is -2.34.